The van der Waals surface area contributed by atoms with Crippen LogP contribution in [0.25, 0.3) is 11.1 Å². The lowest BCUT2D eigenvalue weighted by atomic mass is 9.85. The van der Waals surface area contributed by atoms with Crippen molar-refractivity contribution in [2.24, 2.45) is 0 Å². The van der Waals surface area contributed by atoms with Crippen molar-refractivity contribution < 1.29 is 4.74 Å². The van der Waals surface area contributed by atoms with E-state index in [4.69, 9.17) is 10.00 Å². The Morgan fingerprint density at radius 3 is 2.21 bits per heavy atom. The molecular formula is C17H17NO. The molecule has 0 radical (unpaired) electrons. The zero-order valence-electron chi connectivity index (χ0n) is 11.5. The second-order valence-corrected chi connectivity index (χ2v) is 5.01. The minimum Gasteiger partial charge on any atom is -0.496 e. The number of methoxy groups -OCH3 is 1. The molecule has 0 aliphatic carbocycles. The van der Waals surface area contributed by atoms with Gasteiger partial charge in [0.25, 0.3) is 0 Å². The van der Waals surface area contributed by atoms with Crippen LogP contribution in [0.2, 0.25) is 0 Å². The summed E-state index contributed by atoms with van der Waals surface area (Å²) in [6.45, 7) is 3.84. The van der Waals surface area contributed by atoms with Gasteiger partial charge in [-0.2, -0.15) is 5.26 Å². The fourth-order valence-electron chi connectivity index (χ4n) is 2.01. The Hall–Kier alpha value is -2.27. The van der Waals surface area contributed by atoms with Gasteiger partial charge < -0.3 is 4.74 Å². The summed E-state index contributed by atoms with van der Waals surface area (Å²) in [4.78, 5) is 0. The van der Waals surface area contributed by atoms with Crippen LogP contribution >= 0.6 is 0 Å². The fraction of sp³-hybridized carbons (Fsp3) is 0.235. The minimum absolute atomic E-state index is 0.459. The van der Waals surface area contributed by atoms with Gasteiger partial charge in [-0.05, 0) is 31.0 Å². The zero-order valence-corrected chi connectivity index (χ0v) is 11.5. The molecule has 2 aromatic rings. The molecule has 19 heavy (non-hydrogen) atoms. The van der Waals surface area contributed by atoms with Crippen LogP contribution in [-0.2, 0) is 5.41 Å². The van der Waals surface area contributed by atoms with Crippen LogP contribution in [0.3, 0.4) is 0 Å². The van der Waals surface area contributed by atoms with Gasteiger partial charge in [0.05, 0.1) is 18.6 Å². The Bertz CT molecular complexity index is 606. The molecule has 0 spiro atoms. The maximum Gasteiger partial charge on any atom is 0.126 e. The average molecular weight is 251 g/mol. The molecule has 0 saturated carbocycles. The number of ether oxygens (including phenoxy) is 1. The SMILES string of the molecule is COc1ccccc1-c1ccc(C(C)(C)C#N)cc1. The van der Waals surface area contributed by atoms with E-state index in [9.17, 15) is 0 Å². The van der Waals surface area contributed by atoms with Gasteiger partial charge in [-0.1, -0.05) is 42.5 Å². The summed E-state index contributed by atoms with van der Waals surface area (Å²) in [5.74, 6) is 0.856. The second kappa shape index (κ2) is 5.16. The standard InChI is InChI=1S/C17H17NO/c1-17(2,12-18)14-10-8-13(9-11-14)15-6-4-5-7-16(15)19-3/h4-11H,1-3H3. The van der Waals surface area contributed by atoms with E-state index in [-0.39, 0.29) is 0 Å². The van der Waals surface area contributed by atoms with Crippen molar-refractivity contribution in [1.82, 2.24) is 0 Å². The molecular weight excluding hydrogens is 234 g/mol. The van der Waals surface area contributed by atoms with Crippen LogP contribution in [0.4, 0.5) is 0 Å². The lowest BCUT2D eigenvalue weighted by Gasteiger charge is -2.16. The third kappa shape index (κ3) is 2.61. The van der Waals surface area contributed by atoms with Crippen molar-refractivity contribution in [2.45, 2.75) is 19.3 Å². The van der Waals surface area contributed by atoms with Gasteiger partial charge in [0.15, 0.2) is 0 Å². The quantitative estimate of drug-likeness (QED) is 0.820. The molecule has 0 fully saturated rings. The number of nitrogens with zero attached hydrogens (tertiary/aromatic N) is 1. The lowest BCUT2D eigenvalue weighted by Crippen LogP contribution is -2.13. The van der Waals surface area contributed by atoms with Gasteiger partial charge in [-0.25, -0.2) is 0 Å². The monoisotopic (exact) mass is 251 g/mol. The molecule has 2 rings (SSSR count). The summed E-state index contributed by atoms with van der Waals surface area (Å²) in [6.07, 6.45) is 0. The first kappa shape index (κ1) is 13.2. The summed E-state index contributed by atoms with van der Waals surface area (Å²) in [5.41, 5.74) is 2.72. The normalized spacial score (nSPS) is 10.8. The molecule has 2 aromatic carbocycles. The van der Waals surface area contributed by atoms with Crippen LogP contribution < -0.4 is 4.74 Å². The number of hydrogen-bond donors (Lipinski definition) is 0. The van der Waals surface area contributed by atoms with E-state index >= 15 is 0 Å². The molecule has 0 amide bonds. The summed E-state index contributed by atoms with van der Waals surface area (Å²) in [7, 11) is 1.67. The van der Waals surface area contributed by atoms with Gasteiger partial charge in [0.1, 0.15) is 5.75 Å². The Labute approximate surface area is 114 Å². The molecule has 0 unspecified atom stereocenters. The van der Waals surface area contributed by atoms with Gasteiger partial charge in [-0.3, -0.25) is 0 Å². The molecule has 0 aliphatic rings. The van der Waals surface area contributed by atoms with Crippen LogP contribution in [-0.4, -0.2) is 7.11 Å². The predicted molar refractivity (Wildman–Crippen MR) is 77.1 cm³/mol. The van der Waals surface area contributed by atoms with Crippen molar-refractivity contribution in [1.29, 1.82) is 5.26 Å². The van der Waals surface area contributed by atoms with Crippen molar-refractivity contribution in [3.63, 3.8) is 0 Å². The zero-order chi connectivity index (χ0) is 13.9. The molecule has 0 bridgehead atoms. The lowest BCUT2D eigenvalue weighted by molar-refractivity contribution is 0.416. The summed E-state index contributed by atoms with van der Waals surface area (Å²) < 4.78 is 5.37. The maximum atomic E-state index is 9.15. The number of para-hydroxylation sites is 1. The third-order valence-corrected chi connectivity index (χ3v) is 3.30. The number of benzene rings is 2. The first-order valence-electron chi connectivity index (χ1n) is 6.23. The summed E-state index contributed by atoms with van der Waals surface area (Å²) in [5, 5.41) is 9.15. The number of rotatable bonds is 3. The molecule has 2 heteroatoms. The van der Waals surface area contributed by atoms with Gasteiger partial charge >= 0.3 is 0 Å². The van der Waals surface area contributed by atoms with E-state index in [0.717, 1.165) is 22.4 Å². The fourth-order valence-corrected chi connectivity index (χ4v) is 2.01. The Morgan fingerprint density at radius 1 is 1.00 bits per heavy atom. The van der Waals surface area contributed by atoms with Crippen molar-refractivity contribution in [2.75, 3.05) is 7.11 Å². The van der Waals surface area contributed by atoms with E-state index in [1.807, 2.05) is 62.4 Å². The molecule has 0 N–H and O–H groups in total. The number of nitriles is 1. The van der Waals surface area contributed by atoms with E-state index < -0.39 is 5.41 Å². The van der Waals surface area contributed by atoms with Crippen molar-refractivity contribution >= 4 is 0 Å². The second-order valence-electron chi connectivity index (χ2n) is 5.01. The van der Waals surface area contributed by atoms with E-state index in [1.165, 1.54) is 0 Å². The minimum atomic E-state index is -0.459. The van der Waals surface area contributed by atoms with Crippen LogP contribution in [0.5, 0.6) is 5.75 Å². The van der Waals surface area contributed by atoms with Gasteiger partial charge in [-0.15, -0.1) is 0 Å². The highest BCUT2D eigenvalue weighted by Gasteiger charge is 2.19. The Kier molecular flexibility index (Phi) is 3.57. The van der Waals surface area contributed by atoms with Crippen LogP contribution in [0, 0.1) is 11.3 Å². The van der Waals surface area contributed by atoms with E-state index in [2.05, 4.69) is 6.07 Å². The van der Waals surface area contributed by atoms with Crippen molar-refractivity contribution in [3.8, 4) is 22.9 Å². The maximum absolute atomic E-state index is 9.15. The number of hydrogen-bond acceptors (Lipinski definition) is 2. The molecule has 0 atom stereocenters. The summed E-state index contributed by atoms with van der Waals surface area (Å²) >= 11 is 0. The van der Waals surface area contributed by atoms with E-state index in [0.29, 0.717) is 0 Å². The smallest absolute Gasteiger partial charge is 0.126 e. The van der Waals surface area contributed by atoms with Gasteiger partial charge in [0, 0.05) is 5.56 Å². The topological polar surface area (TPSA) is 33.0 Å². The highest BCUT2D eigenvalue weighted by molar-refractivity contribution is 5.70. The first-order valence-corrected chi connectivity index (χ1v) is 6.23. The molecule has 0 heterocycles. The first-order chi connectivity index (χ1) is 9.08. The van der Waals surface area contributed by atoms with Crippen LogP contribution in [0.1, 0.15) is 19.4 Å². The van der Waals surface area contributed by atoms with Crippen LogP contribution in [0.15, 0.2) is 48.5 Å². The summed E-state index contributed by atoms with van der Waals surface area (Å²) in [6, 6.07) is 18.3. The third-order valence-electron chi connectivity index (χ3n) is 3.30. The highest BCUT2D eigenvalue weighted by atomic mass is 16.5. The molecule has 96 valence electrons. The molecule has 0 aliphatic heterocycles. The average Bonchev–Trinajstić information content (AvgIpc) is 2.47. The molecule has 2 nitrogen and oxygen atoms in total. The largest absolute Gasteiger partial charge is 0.496 e. The molecule has 0 aromatic heterocycles. The Morgan fingerprint density at radius 2 is 1.63 bits per heavy atom. The molecule has 0 saturated heterocycles. The Balaban J connectivity index is 2.41. The highest BCUT2D eigenvalue weighted by Crippen LogP contribution is 2.31. The van der Waals surface area contributed by atoms with E-state index in [1.54, 1.807) is 7.11 Å². The van der Waals surface area contributed by atoms with Crippen molar-refractivity contribution in [3.05, 3.63) is 54.1 Å². The predicted octanol–water partition coefficient (Wildman–Crippen LogP) is 4.16. The van der Waals surface area contributed by atoms with Gasteiger partial charge in [0.2, 0.25) is 0 Å².